The molecule has 0 spiro atoms. The van der Waals surface area contributed by atoms with Crippen molar-refractivity contribution in [1.29, 1.82) is 0 Å². The van der Waals surface area contributed by atoms with Crippen molar-refractivity contribution < 1.29 is 29.0 Å². The molecular weight excluding hydrogens is 336 g/mol. The highest BCUT2D eigenvalue weighted by molar-refractivity contribution is 5.91. The molecule has 1 heterocycles. The zero-order valence-corrected chi connectivity index (χ0v) is 15.3. The molecule has 2 rings (SSSR count). The molecule has 0 bridgehead atoms. The summed E-state index contributed by atoms with van der Waals surface area (Å²) in [4.78, 5) is 35.7. The highest BCUT2D eigenvalue weighted by Crippen LogP contribution is 2.36. The second-order valence-corrected chi connectivity index (χ2v) is 7.17. The first-order chi connectivity index (χ1) is 12.3. The maximum atomic E-state index is 12.2. The molecule has 1 aliphatic carbocycles. The van der Waals surface area contributed by atoms with Gasteiger partial charge in [0.15, 0.2) is 0 Å². The minimum atomic E-state index is -0.726. The minimum Gasteiger partial charge on any atom is -0.461 e. The number of fused-ring (bicyclic) bond motifs is 1. The Kier molecular flexibility index (Phi) is 6.91. The molecule has 26 heavy (non-hydrogen) atoms. The van der Waals surface area contributed by atoms with E-state index in [1.54, 1.807) is 12.2 Å². The van der Waals surface area contributed by atoms with Crippen molar-refractivity contribution in [3.05, 3.63) is 35.5 Å². The zero-order valence-electron chi connectivity index (χ0n) is 15.3. The number of carbonyl (C=O) groups is 3. The van der Waals surface area contributed by atoms with Gasteiger partial charge < -0.3 is 14.6 Å². The molecule has 142 valence electrons. The first-order valence-corrected chi connectivity index (χ1v) is 8.89. The normalized spacial score (nSPS) is 30.5. The Balaban J connectivity index is 2.38. The van der Waals surface area contributed by atoms with E-state index in [-0.39, 0.29) is 36.9 Å². The Bertz CT molecular complexity index is 643. The maximum absolute atomic E-state index is 12.2. The van der Waals surface area contributed by atoms with Crippen LogP contribution < -0.4 is 0 Å². The number of allylic oxidation sites excluding steroid dienone is 1. The molecule has 1 aliphatic heterocycles. The molecule has 0 aromatic rings. The van der Waals surface area contributed by atoms with Crippen LogP contribution in [-0.4, -0.2) is 42.1 Å². The SMILES string of the molecule is C=C1C(=O)O[C@H]2/C=C(\CO)CC/C=C(\C=O)C[C@@H](OC(=O)CC(C)C)[C@@H]12. The highest BCUT2D eigenvalue weighted by atomic mass is 16.6. The van der Waals surface area contributed by atoms with Crippen molar-refractivity contribution in [2.75, 3.05) is 6.61 Å². The van der Waals surface area contributed by atoms with Gasteiger partial charge in [0.05, 0.1) is 12.5 Å². The molecule has 0 amide bonds. The van der Waals surface area contributed by atoms with Crippen LogP contribution in [0.25, 0.3) is 0 Å². The van der Waals surface area contributed by atoms with Gasteiger partial charge in [-0.15, -0.1) is 0 Å². The molecule has 1 fully saturated rings. The number of aliphatic hydroxyl groups excluding tert-OH is 1. The van der Waals surface area contributed by atoms with Crippen LogP contribution in [0.1, 0.15) is 39.5 Å². The van der Waals surface area contributed by atoms with Crippen LogP contribution in [0.2, 0.25) is 0 Å². The third kappa shape index (κ3) is 4.91. The fourth-order valence-corrected chi connectivity index (χ4v) is 3.28. The van der Waals surface area contributed by atoms with Crippen molar-refractivity contribution in [3.63, 3.8) is 0 Å². The third-order valence-electron chi connectivity index (χ3n) is 4.58. The van der Waals surface area contributed by atoms with Gasteiger partial charge in [-0.1, -0.05) is 26.5 Å². The average Bonchev–Trinajstić information content (AvgIpc) is 2.85. The van der Waals surface area contributed by atoms with Gasteiger partial charge in [-0.2, -0.15) is 0 Å². The highest BCUT2D eigenvalue weighted by Gasteiger charge is 2.44. The number of hydrogen-bond acceptors (Lipinski definition) is 6. The van der Waals surface area contributed by atoms with E-state index in [2.05, 4.69) is 6.58 Å². The monoisotopic (exact) mass is 362 g/mol. The van der Waals surface area contributed by atoms with E-state index in [9.17, 15) is 19.5 Å². The molecule has 1 N–H and O–H groups in total. The average molecular weight is 362 g/mol. The quantitative estimate of drug-likeness (QED) is 0.349. The van der Waals surface area contributed by atoms with E-state index in [0.717, 1.165) is 6.29 Å². The Morgan fingerprint density at radius 3 is 2.85 bits per heavy atom. The Morgan fingerprint density at radius 2 is 2.23 bits per heavy atom. The van der Waals surface area contributed by atoms with E-state index >= 15 is 0 Å². The Morgan fingerprint density at radius 1 is 1.50 bits per heavy atom. The molecule has 6 heteroatoms. The minimum absolute atomic E-state index is 0.129. The second-order valence-electron chi connectivity index (χ2n) is 7.17. The van der Waals surface area contributed by atoms with Crippen LogP contribution in [0.15, 0.2) is 35.5 Å². The number of ether oxygens (including phenoxy) is 2. The van der Waals surface area contributed by atoms with Crippen LogP contribution >= 0.6 is 0 Å². The third-order valence-corrected chi connectivity index (χ3v) is 4.58. The molecule has 2 aliphatic rings. The number of aliphatic hydroxyl groups is 1. The number of aldehydes is 1. The lowest BCUT2D eigenvalue weighted by Gasteiger charge is -2.27. The summed E-state index contributed by atoms with van der Waals surface area (Å²) in [6.45, 7) is 7.45. The number of carbonyl (C=O) groups excluding carboxylic acids is 3. The maximum Gasteiger partial charge on any atom is 0.334 e. The van der Waals surface area contributed by atoms with Crippen molar-refractivity contribution in [1.82, 2.24) is 0 Å². The predicted molar refractivity (Wildman–Crippen MR) is 95.0 cm³/mol. The standard InChI is InChI=1S/C20H26O6/c1-12(2)7-18(23)25-16-8-14(10-21)5-4-6-15(11-22)9-17-19(16)13(3)20(24)26-17/h5,9-10,12,16-17,19,22H,3-4,6-8,11H2,1-2H3/b14-5-,15-9-/t16-,17+,19-/m1/s1. The summed E-state index contributed by atoms with van der Waals surface area (Å²) < 4.78 is 11.0. The van der Waals surface area contributed by atoms with Gasteiger partial charge in [0.1, 0.15) is 18.5 Å². The van der Waals surface area contributed by atoms with Crippen LogP contribution in [0, 0.1) is 11.8 Å². The summed E-state index contributed by atoms with van der Waals surface area (Å²) >= 11 is 0. The molecule has 0 aromatic carbocycles. The van der Waals surface area contributed by atoms with E-state index < -0.39 is 24.1 Å². The Hall–Kier alpha value is -2.21. The Labute approximate surface area is 153 Å². The fraction of sp³-hybridized carbons (Fsp3) is 0.550. The smallest absolute Gasteiger partial charge is 0.334 e. The van der Waals surface area contributed by atoms with Crippen LogP contribution in [0.3, 0.4) is 0 Å². The summed E-state index contributed by atoms with van der Waals surface area (Å²) in [5.74, 6) is -1.38. The number of rotatable bonds is 5. The molecule has 3 atom stereocenters. The lowest BCUT2D eigenvalue weighted by molar-refractivity contribution is -0.153. The van der Waals surface area contributed by atoms with E-state index in [1.165, 1.54) is 0 Å². The van der Waals surface area contributed by atoms with Crippen LogP contribution in [0.5, 0.6) is 0 Å². The molecule has 0 aromatic heterocycles. The van der Waals surface area contributed by atoms with Gasteiger partial charge in [-0.3, -0.25) is 9.59 Å². The largest absolute Gasteiger partial charge is 0.461 e. The first-order valence-electron chi connectivity index (χ1n) is 8.89. The molecule has 6 nitrogen and oxygen atoms in total. The topological polar surface area (TPSA) is 89.9 Å². The fourth-order valence-electron chi connectivity index (χ4n) is 3.28. The zero-order chi connectivity index (χ0) is 19.3. The van der Waals surface area contributed by atoms with Gasteiger partial charge >= 0.3 is 11.9 Å². The molecule has 0 saturated carbocycles. The number of esters is 2. The van der Waals surface area contributed by atoms with Gasteiger partial charge in [-0.25, -0.2) is 4.79 Å². The van der Waals surface area contributed by atoms with E-state index in [0.29, 0.717) is 24.0 Å². The lowest BCUT2D eigenvalue weighted by Crippen LogP contribution is -2.34. The van der Waals surface area contributed by atoms with Crippen molar-refractivity contribution in [2.45, 2.75) is 51.7 Å². The van der Waals surface area contributed by atoms with E-state index in [4.69, 9.17) is 9.47 Å². The summed E-state index contributed by atoms with van der Waals surface area (Å²) in [5.41, 5.74) is 1.42. The van der Waals surface area contributed by atoms with Crippen molar-refractivity contribution in [3.8, 4) is 0 Å². The second kappa shape index (κ2) is 8.94. The summed E-state index contributed by atoms with van der Waals surface area (Å²) in [6, 6.07) is 0. The molecule has 0 radical (unpaired) electrons. The number of hydrogen-bond donors (Lipinski definition) is 1. The van der Waals surface area contributed by atoms with Gasteiger partial charge in [-0.05, 0) is 36.0 Å². The molecular formula is C20H26O6. The molecule has 1 saturated heterocycles. The van der Waals surface area contributed by atoms with Crippen molar-refractivity contribution >= 4 is 18.2 Å². The predicted octanol–water partition coefficient (Wildman–Crippen LogP) is 2.27. The van der Waals surface area contributed by atoms with Crippen LogP contribution in [-0.2, 0) is 23.9 Å². The van der Waals surface area contributed by atoms with Crippen molar-refractivity contribution in [2.24, 2.45) is 11.8 Å². The molecule has 0 unspecified atom stereocenters. The van der Waals surface area contributed by atoms with Gasteiger partial charge in [0.25, 0.3) is 0 Å². The summed E-state index contributed by atoms with van der Waals surface area (Å²) in [5, 5.41) is 9.55. The lowest BCUT2D eigenvalue weighted by atomic mass is 9.85. The summed E-state index contributed by atoms with van der Waals surface area (Å²) in [6.07, 6.45) is 4.40. The van der Waals surface area contributed by atoms with Crippen LogP contribution in [0.4, 0.5) is 0 Å². The first kappa shape index (κ1) is 20.1. The van der Waals surface area contributed by atoms with Gasteiger partial charge in [0, 0.05) is 18.4 Å². The summed E-state index contributed by atoms with van der Waals surface area (Å²) in [7, 11) is 0. The van der Waals surface area contributed by atoms with E-state index in [1.807, 2.05) is 13.8 Å². The van der Waals surface area contributed by atoms with Gasteiger partial charge in [0.2, 0.25) is 0 Å².